The Morgan fingerprint density at radius 3 is 2.44 bits per heavy atom. The van der Waals surface area contributed by atoms with Crippen molar-refractivity contribution in [2.75, 3.05) is 5.75 Å². The number of aromatic nitrogens is 3. The average Bonchev–Trinajstić information content (AvgIpc) is 3.30. The van der Waals surface area contributed by atoms with E-state index in [-0.39, 0.29) is 11.7 Å². The maximum atomic E-state index is 12.6. The summed E-state index contributed by atoms with van der Waals surface area (Å²) in [6.45, 7) is 2.09. The van der Waals surface area contributed by atoms with Crippen LogP contribution in [0.4, 0.5) is 0 Å². The van der Waals surface area contributed by atoms with E-state index in [9.17, 15) is 4.79 Å². The molecule has 34 heavy (non-hydrogen) atoms. The lowest BCUT2D eigenvalue weighted by atomic mass is 10.1. The number of halogens is 1. The van der Waals surface area contributed by atoms with Crippen LogP contribution in [0.1, 0.15) is 25.3 Å². The minimum Gasteiger partial charge on any atom is -0.272 e. The van der Waals surface area contributed by atoms with Crippen molar-refractivity contribution in [3.05, 3.63) is 95.0 Å². The van der Waals surface area contributed by atoms with Crippen molar-refractivity contribution in [1.29, 1.82) is 0 Å². The SMILES string of the molecule is CCCC(=NNC(=O)CSc1nnc(-c2cccc(Br)c2)n1-c1ccccc1)c1ccccc1. The first-order chi connectivity index (χ1) is 16.7. The van der Waals surface area contributed by atoms with Gasteiger partial charge in [-0.1, -0.05) is 102 Å². The first-order valence-electron chi connectivity index (χ1n) is 11.0. The lowest BCUT2D eigenvalue weighted by Gasteiger charge is -2.10. The molecule has 0 radical (unpaired) electrons. The van der Waals surface area contributed by atoms with Crippen LogP contribution in [0.2, 0.25) is 0 Å². The molecular formula is C26H24BrN5OS. The molecule has 3 aromatic carbocycles. The predicted molar refractivity (Wildman–Crippen MR) is 141 cm³/mol. The summed E-state index contributed by atoms with van der Waals surface area (Å²) < 4.78 is 2.93. The van der Waals surface area contributed by atoms with E-state index in [1.165, 1.54) is 11.8 Å². The van der Waals surface area contributed by atoms with Gasteiger partial charge >= 0.3 is 0 Å². The Kier molecular flexibility index (Phi) is 8.27. The molecule has 8 heteroatoms. The van der Waals surface area contributed by atoms with Crippen LogP contribution in [0.3, 0.4) is 0 Å². The van der Waals surface area contributed by atoms with E-state index >= 15 is 0 Å². The summed E-state index contributed by atoms with van der Waals surface area (Å²) >= 11 is 4.85. The van der Waals surface area contributed by atoms with Crippen molar-refractivity contribution in [2.24, 2.45) is 5.10 Å². The van der Waals surface area contributed by atoms with Gasteiger partial charge in [-0.2, -0.15) is 5.10 Å². The molecule has 0 unspecified atom stereocenters. The third-order valence-electron chi connectivity index (χ3n) is 4.97. The van der Waals surface area contributed by atoms with E-state index in [0.717, 1.165) is 39.8 Å². The van der Waals surface area contributed by atoms with E-state index < -0.39 is 0 Å². The number of benzene rings is 3. The van der Waals surface area contributed by atoms with Crippen molar-refractivity contribution >= 4 is 39.3 Å². The molecular weight excluding hydrogens is 510 g/mol. The molecule has 6 nitrogen and oxygen atoms in total. The topological polar surface area (TPSA) is 72.2 Å². The van der Waals surface area contributed by atoms with Crippen LogP contribution >= 0.6 is 27.7 Å². The zero-order chi connectivity index (χ0) is 23.8. The van der Waals surface area contributed by atoms with Gasteiger partial charge in [-0.15, -0.1) is 10.2 Å². The third kappa shape index (κ3) is 6.01. The fraction of sp³-hybridized carbons (Fsp3) is 0.154. The molecule has 1 amide bonds. The quantitative estimate of drug-likeness (QED) is 0.160. The maximum absolute atomic E-state index is 12.6. The van der Waals surface area contributed by atoms with Gasteiger partial charge in [0, 0.05) is 15.7 Å². The van der Waals surface area contributed by atoms with Crippen LogP contribution < -0.4 is 5.43 Å². The normalized spacial score (nSPS) is 11.4. The van der Waals surface area contributed by atoms with E-state index in [4.69, 9.17) is 0 Å². The number of amides is 1. The maximum Gasteiger partial charge on any atom is 0.250 e. The van der Waals surface area contributed by atoms with Gasteiger partial charge in [-0.05, 0) is 36.2 Å². The highest BCUT2D eigenvalue weighted by atomic mass is 79.9. The number of hydrogen-bond acceptors (Lipinski definition) is 5. The zero-order valence-corrected chi connectivity index (χ0v) is 21.1. The average molecular weight is 534 g/mol. The Morgan fingerprint density at radius 1 is 1.00 bits per heavy atom. The molecule has 0 aliphatic heterocycles. The Balaban J connectivity index is 1.53. The highest BCUT2D eigenvalue weighted by molar-refractivity contribution is 9.10. The summed E-state index contributed by atoms with van der Waals surface area (Å²) in [6.07, 6.45) is 1.73. The van der Waals surface area contributed by atoms with Crippen LogP contribution in [0.25, 0.3) is 17.1 Å². The second-order valence-corrected chi connectivity index (χ2v) is 9.34. The zero-order valence-electron chi connectivity index (χ0n) is 18.7. The molecule has 0 saturated carbocycles. The highest BCUT2D eigenvalue weighted by Gasteiger charge is 2.17. The summed E-state index contributed by atoms with van der Waals surface area (Å²) in [5.41, 5.74) is 6.44. The van der Waals surface area contributed by atoms with Crippen molar-refractivity contribution in [2.45, 2.75) is 24.9 Å². The first kappa shape index (κ1) is 23.9. The van der Waals surface area contributed by atoms with Crippen LogP contribution in [0.15, 0.2) is 99.7 Å². The highest BCUT2D eigenvalue weighted by Crippen LogP contribution is 2.29. The Morgan fingerprint density at radius 2 is 1.74 bits per heavy atom. The van der Waals surface area contributed by atoms with Gasteiger partial charge in [0.25, 0.3) is 5.91 Å². The molecule has 4 rings (SSSR count). The first-order valence-corrected chi connectivity index (χ1v) is 12.7. The summed E-state index contributed by atoms with van der Waals surface area (Å²) in [7, 11) is 0. The summed E-state index contributed by atoms with van der Waals surface area (Å²) in [5, 5.41) is 13.9. The number of hydrogen-bond donors (Lipinski definition) is 1. The monoisotopic (exact) mass is 533 g/mol. The molecule has 1 N–H and O–H groups in total. The number of nitrogens with one attached hydrogen (secondary N) is 1. The van der Waals surface area contributed by atoms with Gasteiger partial charge in [0.2, 0.25) is 0 Å². The fourth-order valence-corrected chi connectivity index (χ4v) is 4.56. The number of thioether (sulfide) groups is 1. The standard InChI is InChI=1S/C26H24BrN5OS/c1-2-10-23(19-11-5-3-6-12-19)28-29-24(33)18-34-26-31-30-25(20-13-9-14-21(27)17-20)32(26)22-15-7-4-8-16-22/h3-9,11-17H,2,10,18H2,1H3,(H,29,33). The van der Waals surface area contributed by atoms with Gasteiger partial charge in [-0.25, -0.2) is 5.43 Å². The van der Waals surface area contributed by atoms with Gasteiger partial charge in [-0.3, -0.25) is 9.36 Å². The minimum atomic E-state index is -0.193. The number of rotatable bonds is 9. The number of para-hydroxylation sites is 1. The minimum absolute atomic E-state index is 0.168. The van der Waals surface area contributed by atoms with Crippen molar-refractivity contribution < 1.29 is 4.79 Å². The van der Waals surface area contributed by atoms with Gasteiger partial charge in [0.1, 0.15) is 0 Å². The molecule has 0 aliphatic rings. The lowest BCUT2D eigenvalue weighted by Crippen LogP contribution is -2.22. The molecule has 172 valence electrons. The molecule has 0 aliphatic carbocycles. The Bertz CT molecular complexity index is 1270. The number of carbonyl (C=O) groups excluding carboxylic acids is 1. The molecule has 0 bridgehead atoms. The van der Waals surface area contributed by atoms with Crippen LogP contribution in [0, 0.1) is 0 Å². The molecule has 1 aromatic heterocycles. The molecule has 0 spiro atoms. The van der Waals surface area contributed by atoms with Crippen molar-refractivity contribution in [3.8, 4) is 17.1 Å². The summed E-state index contributed by atoms with van der Waals surface area (Å²) in [4.78, 5) is 12.6. The van der Waals surface area contributed by atoms with E-state index in [0.29, 0.717) is 11.0 Å². The van der Waals surface area contributed by atoms with Crippen LogP contribution in [-0.4, -0.2) is 32.1 Å². The number of hydrazone groups is 1. The Labute approximate surface area is 211 Å². The van der Waals surface area contributed by atoms with Gasteiger partial charge in [0.05, 0.1) is 11.5 Å². The van der Waals surface area contributed by atoms with Gasteiger partial charge < -0.3 is 0 Å². The largest absolute Gasteiger partial charge is 0.272 e. The van der Waals surface area contributed by atoms with Crippen molar-refractivity contribution in [1.82, 2.24) is 20.2 Å². The van der Waals surface area contributed by atoms with E-state index in [1.807, 2.05) is 89.5 Å². The predicted octanol–water partition coefficient (Wildman–Crippen LogP) is 6.11. The lowest BCUT2D eigenvalue weighted by molar-refractivity contribution is -0.118. The third-order valence-corrected chi connectivity index (χ3v) is 6.39. The molecule has 0 atom stereocenters. The second kappa shape index (κ2) is 11.8. The summed E-state index contributed by atoms with van der Waals surface area (Å²) in [6, 6.07) is 27.7. The molecule has 1 heterocycles. The molecule has 0 saturated heterocycles. The van der Waals surface area contributed by atoms with Gasteiger partial charge in [0.15, 0.2) is 11.0 Å². The second-order valence-electron chi connectivity index (χ2n) is 7.49. The van der Waals surface area contributed by atoms with E-state index in [2.05, 4.69) is 43.6 Å². The number of carbonyl (C=O) groups is 1. The van der Waals surface area contributed by atoms with E-state index in [1.54, 1.807) is 0 Å². The van der Waals surface area contributed by atoms with Crippen LogP contribution in [-0.2, 0) is 4.79 Å². The molecule has 4 aromatic rings. The Hall–Kier alpha value is -3.23. The fourth-order valence-electron chi connectivity index (χ4n) is 3.41. The summed E-state index contributed by atoms with van der Waals surface area (Å²) in [5.74, 6) is 0.685. The van der Waals surface area contributed by atoms with Crippen LogP contribution in [0.5, 0.6) is 0 Å². The molecule has 0 fully saturated rings. The number of nitrogens with zero attached hydrogens (tertiary/aromatic N) is 4. The van der Waals surface area contributed by atoms with Crippen molar-refractivity contribution in [3.63, 3.8) is 0 Å². The smallest absolute Gasteiger partial charge is 0.250 e.